The first-order valence-electron chi connectivity index (χ1n) is 9.32. The van der Waals surface area contributed by atoms with Crippen LogP contribution in [0.1, 0.15) is 11.5 Å². The Balaban J connectivity index is 1.65. The maximum Gasteiger partial charge on any atom is 0.244 e. The van der Waals surface area contributed by atoms with E-state index in [1.54, 1.807) is 24.3 Å². The summed E-state index contributed by atoms with van der Waals surface area (Å²) >= 11 is 0. The van der Waals surface area contributed by atoms with Gasteiger partial charge in [0, 0.05) is 5.92 Å². The van der Waals surface area contributed by atoms with Gasteiger partial charge in [-0.2, -0.15) is 9.57 Å². The number of hydrogen-bond donors (Lipinski definition) is 1. The lowest BCUT2D eigenvalue weighted by molar-refractivity contribution is 0.0557. The Morgan fingerprint density at radius 2 is 1.41 bits per heavy atom. The molecule has 29 heavy (non-hydrogen) atoms. The highest BCUT2D eigenvalue weighted by Gasteiger charge is 2.55. The summed E-state index contributed by atoms with van der Waals surface area (Å²) in [4.78, 5) is 0.113. The van der Waals surface area contributed by atoms with Crippen molar-refractivity contribution in [2.24, 2.45) is 0 Å². The third kappa shape index (κ3) is 3.34. The molecule has 1 heterocycles. The molecule has 3 atom stereocenters. The number of hydrogen-bond acceptors (Lipinski definition) is 4. The van der Waals surface area contributed by atoms with Gasteiger partial charge in [0.15, 0.2) is 0 Å². The number of nitriles is 1. The van der Waals surface area contributed by atoms with Crippen molar-refractivity contribution < 1.29 is 13.5 Å². The molecule has 3 aromatic rings. The molecule has 0 amide bonds. The minimum absolute atomic E-state index is 0.113. The van der Waals surface area contributed by atoms with Crippen LogP contribution < -0.4 is 0 Å². The van der Waals surface area contributed by atoms with Crippen LogP contribution in [-0.4, -0.2) is 36.5 Å². The zero-order valence-corrected chi connectivity index (χ0v) is 16.4. The lowest BCUT2D eigenvalue weighted by atomic mass is 9.78. The van der Waals surface area contributed by atoms with Crippen molar-refractivity contribution in [1.82, 2.24) is 4.31 Å². The minimum atomic E-state index is -3.91. The summed E-state index contributed by atoms with van der Waals surface area (Å²) in [5.41, 5.74) is 2.75. The molecule has 146 valence electrons. The van der Waals surface area contributed by atoms with Gasteiger partial charge in [-0.05, 0) is 28.8 Å². The van der Waals surface area contributed by atoms with Crippen molar-refractivity contribution in [1.29, 1.82) is 5.26 Å². The van der Waals surface area contributed by atoms with E-state index in [1.807, 2.05) is 60.7 Å². The third-order valence-electron chi connectivity index (χ3n) is 5.40. The molecule has 4 rings (SSSR count). The topological polar surface area (TPSA) is 81.4 Å². The maximum atomic E-state index is 13.2. The number of aliphatic hydroxyl groups excluding tert-OH is 1. The molecule has 0 saturated carbocycles. The predicted octanol–water partition coefficient (Wildman–Crippen LogP) is 3.39. The summed E-state index contributed by atoms with van der Waals surface area (Å²) in [6.45, 7) is -0.348. The fourth-order valence-electron chi connectivity index (χ4n) is 3.94. The highest BCUT2D eigenvalue weighted by Crippen LogP contribution is 2.43. The molecule has 0 radical (unpaired) electrons. The molecule has 3 aromatic carbocycles. The van der Waals surface area contributed by atoms with E-state index >= 15 is 0 Å². The van der Waals surface area contributed by atoms with Gasteiger partial charge < -0.3 is 5.11 Å². The van der Waals surface area contributed by atoms with Crippen LogP contribution in [0, 0.1) is 11.3 Å². The smallest absolute Gasteiger partial charge is 0.244 e. The molecule has 1 fully saturated rings. The fraction of sp³-hybridized carbons (Fsp3) is 0.174. The van der Waals surface area contributed by atoms with Crippen molar-refractivity contribution in [2.75, 3.05) is 6.61 Å². The van der Waals surface area contributed by atoms with Crippen LogP contribution in [-0.2, 0) is 10.0 Å². The summed E-state index contributed by atoms with van der Waals surface area (Å²) in [7, 11) is -3.91. The van der Waals surface area contributed by atoms with Gasteiger partial charge in [-0.3, -0.25) is 0 Å². The first-order valence-corrected chi connectivity index (χ1v) is 10.8. The first kappa shape index (κ1) is 19.3. The zero-order valence-electron chi connectivity index (χ0n) is 15.6. The van der Waals surface area contributed by atoms with Crippen LogP contribution in [0.3, 0.4) is 0 Å². The summed E-state index contributed by atoms with van der Waals surface area (Å²) in [6.07, 6.45) is 0. The van der Waals surface area contributed by atoms with Crippen molar-refractivity contribution in [3.8, 4) is 17.2 Å². The van der Waals surface area contributed by atoms with Crippen LogP contribution in [0.4, 0.5) is 0 Å². The van der Waals surface area contributed by atoms with E-state index < -0.39 is 22.1 Å². The Morgan fingerprint density at radius 1 is 0.862 bits per heavy atom. The second kappa shape index (κ2) is 7.80. The molecule has 6 heteroatoms. The second-order valence-electron chi connectivity index (χ2n) is 6.99. The highest BCUT2D eigenvalue weighted by atomic mass is 32.2. The molecule has 0 bridgehead atoms. The minimum Gasteiger partial charge on any atom is -0.395 e. The van der Waals surface area contributed by atoms with Gasteiger partial charge in [0.25, 0.3) is 0 Å². The SMILES string of the molecule is N#C[C@@H]1[C@H](c2ccccc2)[C@@H](CO)N1S(=O)(=O)c1ccc(-c2ccccc2)cc1. The molecule has 1 aliphatic rings. The van der Waals surface area contributed by atoms with Crippen LogP contribution in [0.15, 0.2) is 89.8 Å². The average molecular weight is 404 g/mol. The summed E-state index contributed by atoms with van der Waals surface area (Å²) in [5, 5.41) is 19.6. The van der Waals surface area contributed by atoms with Gasteiger partial charge in [-0.25, -0.2) is 8.42 Å². The normalized spacial score (nSPS) is 21.9. The van der Waals surface area contributed by atoms with Crippen molar-refractivity contribution in [2.45, 2.75) is 22.9 Å². The summed E-state index contributed by atoms with van der Waals surface area (Å²) < 4.78 is 27.6. The molecule has 0 aromatic heterocycles. The van der Waals surface area contributed by atoms with E-state index in [1.165, 1.54) is 0 Å². The molecule has 5 nitrogen and oxygen atoms in total. The molecule has 1 aliphatic heterocycles. The van der Waals surface area contributed by atoms with E-state index in [2.05, 4.69) is 6.07 Å². The molecule has 0 spiro atoms. The molecule has 0 unspecified atom stereocenters. The summed E-state index contributed by atoms with van der Waals surface area (Å²) in [5.74, 6) is -0.357. The van der Waals surface area contributed by atoms with E-state index in [-0.39, 0.29) is 17.4 Å². The van der Waals surface area contributed by atoms with Gasteiger partial charge in [-0.1, -0.05) is 72.8 Å². The lowest BCUT2D eigenvalue weighted by Gasteiger charge is -2.50. The average Bonchev–Trinajstić information content (AvgIpc) is 2.75. The largest absolute Gasteiger partial charge is 0.395 e. The Morgan fingerprint density at radius 3 is 1.97 bits per heavy atom. The van der Waals surface area contributed by atoms with Crippen molar-refractivity contribution in [3.63, 3.8) is 0 Å². The van der Waals surface area contributed by atoms with Gasteiger partial charge >= 0.3 is 0 Å². The molecular weight excluding hydrogens is 384 g/mol. The van der Waals surface area contributed by atoms with E-state index in [9.17, 15) is 18.8 Å². The molecule has 0 aliphatic carbocycles. The Hall–Kier alpha value is -2.98. The number of rotatable bonds is 5. The fourth-order valence-corrected chi connectivity index (χ4v) is 5.70. The first-order chi connectivity index (χ1) is 14.1. The van der Waals surface area contributed by atoms with Gasteiger partial charge in [-0.15, -0.1) is 0 Å². The quantitative estimate of drug-likeness (QED) is 0.707. The van der Waals surface area contributed by atoms with Crippen molar-refractivity contribution in [3.05, 3.63) is 90.5 Å². The van der Waals surface area contributed by atoms with Crippen LogP contribution in [0.25, 0.3) is 11.1 Å². The van der Waals surface area contributed by atoms with Gasteiger partial charge in [0.05, 0.1) is 23.6 Å². The monoisotopic (exact) mass is 404 g/mol. The highest BCUT2D eigenvalue weighted by molar-refractivity contribution is 7.89. The molecule has 1 N–H and O–H groups in total. The third-order valence-corrected chi connectivity index (χ3v) is 7.32. The predicted molar refractivity (Wildman–Crippen MR) is 110 cm³/mol. The Kier molecular flexibility index (Phi) is 5.20. The second-order valence-corrected chi connectivity index (χ2v) is 8.83. The molecular formula is C23H20N2O3S. The summed E-state index contributed by atoms with van der Waals surface area (Å²) in [6, 6.07) is 26.2. The lowest BCUT2D eigenvalue weighted by Crippen LogP contribution is -2.64. The molecule has 1 saturated heterocycles. The van der Waals surface area contributed by atoms with E-state index in [4.69, 9.17) is 0 Å². The zero-order chi connectivity index (χ0) is 20.4. The van der Waals surface area contributed by atoms with E-state index in [0.29, 0.717) is 0 Å². The Bertz CT molecular complexity index is 1120. The van der Waals surface area contributed by atoms with Crippen LogP contribution in [0.2, 0.25) is 0 Å². The number of aliphatic hydroxyl groups is 1. The standard InChI is InChI=1S/C23H20N2O3S/c24-15-21-23(19-9-5-2-6-10-19)22(16-26)25(21)29(27,28)20-13-11-18(12-14-20)17-7-3-1-4-8-17/h1-14,21-23,26H,16H2/t21-,22-,23+/m1/s1. The van der Waals surface area contributed by atoms with E-state index in [0.717, 1.165) is 21.0 Å². The maximum absolute atomic E-state index is 13.2. The van der Waals surface area contributed by atoms with Crippen LogP contribution >= 0.6 is 0 Å². The van der Waals surface area contributed by atoms with Crippen molar-refractivity contribution >= 4 is 10.0 Å². The number of nitrogens with zero attached hydrogens (tertiary/aromatic N) is 2. The van der Waals surface area contributed by atoms with Crippen LogP contribution in [0.5, 0.6) is 0 Å². The van der Waals surface area contributed by atoms with Gasteiger partial charge in [0.1, 0.15) is 6.04 Å². The number of sulfonamides is 1. The Labute approximate surface area is 170 Å². The van der Waals surface area contributed by atoms with Gasteiger partial charge in [0.2, 0.25) is 10.0 Å². The number of benzene rings is 3.